The predicted molar refractivity (Wildman–Crippen MR) is 157 cm³/mol. The number of nitrogens with one attached hydrogen (secondary N) is 4. The van der Waals surface area contributed by atoms with Crippen LogP contribution in [0.4, 0.5) is 43.7 Å². The first-order chi connectivity index (χ1) is 19.6. The van der Waals surface area contributed by atoms with Gasteiger partial charge in [0.25, 0.3) is 11.4 Å². The molecule has 4 aromatic carbocycles. The summed E-state index contributed by atoms with van der Waals surface area (Å²) in [5.74, 6) is 0. The highest BCUT2D eigenvalue weighted by Crippen LogP contribution is 2.31. The third-order valence-electron chi connectivity index (χ3n) is 5.66. The molecule has 0 spiro atoms. The fraction of sp³-hybridized carbons (Fsp3) is 0.0370. The number of amides is 4. The Balaban J connectivity index is 1.48. The molecule has 4 aromatic rings. The highest BCUT2D eigenvalue weighted by atomic mass is 35.5. The third kappa shape index (κ3) is 7.91. The summed E-state index contributed by atoms with van der Waals surface area (Å²) in [7, 11) is 0. The third-order valence-corrected chi connectivity index (χ3v) is 6.17. The Kier molecular flexibility index (Phi) is 8.97. The number of hydrogen-bond acceptors (Lipinski definition) is 6. The summed E-state index contributed by atoms with van der Waals surface area (Å²) >= 11 is 11.7. The van der Waals surface area contributed by atoms with Gasteiger partial charge < -0.3 is 21.3 Å². The number of nitro benzene ring substituents is 2. The van der Waals surface area contributed by atoms with Crippen LogP contribution in [-0.2, 0) is 6.42 Å². The zero-order chi connectivity index (χ0) is 29.5. The molecule has 0 fully saturated rings. The number of nitro groups is 2. The summed E-state index contributed by atoms with van der Waals surface area (Å²) in [5.41, 5.74) is 0.906. The predicted octanol–water partition coefficient (Wildman–Crippen LogP) is 7.69. The molecule has 0 saturated heterocycles. The van der Waals surface area contributed by atoms with Crippen molar-refractivity contribution in [2.45, 2.75) is 6.42 Å². The number of carbonyl (C=O) groups is 2. The van der Waals surface area contributed by atoms with Crippen molar-refractivity contribution in [1.29, 1.82) is 0 Å². The van der Waals surface area contributed by atoms with Crippen LogP contribution < -0.4 is 21.3 Å². The minimum absolute atomic E-state index is 0.146. The van der Waals surface area contributed by atoms with Crippen molar-refractivity contribution >= 4 is 69.4 Å². The van der Waals surface area contributed by atoms with Crippen molar-refractivity contribution < 1.29 is 19.4 Å². The monoisotopic (exact) mass is 594 g/mol. The standard InChI is InChI=1S/C27H20Cl2N6O6/c28-18-3-9-20(10-4-18)30-26(36)32-22-7-1-16(24(14-22)34(38)39)13-17-2-8-23(15-25(17)35(40)41)33-27(37)31-21-11-5-19(29)6-12-21/h1-12,14-15H,13H2,(H2,30,32,36)(H2,31,33,37). The molecule has 0 aliphatic rings. The average molecular weight is 595 g/mol. The molecule has 0 atom stereocenters. The van der Waals surface area contributed by atoms with Gasteiger partial charge in [-0.2, -0.15) is 0 Å². The Hall–Kier alpha value is -5.20. The van der Waals surface area contributed by atoms with Crippen LogP contribution in [0.3, 0.4) is 0 Å². The van der Waals surface area contributed by atoms with Gasteiger partial charge in [0, 0.05) is 62.5 Å². The van der Waals surface area contributed by atoms with Crippen LogP contribution in [0.1, 0.15) is 11.1 Å². The average Bonchev–Trinajstić information content (AvgIpc) is 2.92. The summed E-state index contributed by atoms with van der Waals surface area (Å²) in [6.07, 6.45) is -0.152. The van der Waals surface area contributed by atoms with Crippen molar-refractivity contribution in [3.63, 3.8) is 0 Å². The van der Waals surface area contributed by atoms with Gasteiger partial charge in [-0.15, -0.1) is 0 Å². The molecular weight excluding hydrogens is 575 g/mol. The minimum Gasteiger partial charge on any atom is -0.308 e. The smallest absolute Gasteiger partial charge is 0.308 e. The number of benzene rings is 4. The van der Waals surface area contributed by atoms with E-state index in [4.69, 9.17) is 23.2 Å². The van der Waals surface area contributed by atoms with Crippen molar-refractivity contribution in [3.05, 3.63) is 126 Å². The molecular formula is C27H20Cl2N6O6. The Labute approximate surface area is 242 Å². The summed E-state index contributed by atoms with van der Waals surface area (Å²) in [5, 5.41) is 34.8. The van der Waals surface area contributed by atoms with E-state index in [0.29, 0.717) is 21.4 Å². The number of urea groups is 2. The van der Waals surface area contributed by atoms with Crippen LogP contribution in [0.15, 0.2) is 84.9 Å². The van der Waals surface area contributed by atoms with E-state index in [-0.39, 0.29) is 40.3 Å². The topological polar surface area (TPSA) is 169 Å². The summed E-state index contributed by atoms with van der Waals surface area (Å²) in [6, 6.07) is 19.5. The Morgan fingerprint density at radius 1 is 0.561 bits per heavy atom. The Morgan fingerprint density at radius 3 is 1.22 bits per heavy atom. The van der Waals surface area contributed by atoms with Crippen molar-refractivity contribution in [2.24, 2.45) is 0 Å². The van der Waals surface area contributed by atoms with E-state index in [2.05, 4.69) is 21.3 Å². The molecule has 0 aliphatic heterocycles. The van der Waals surface area contributed by atoms with Gasteiger partial charge in [-0.25, -0.2) is 9.59 Å². The molecule has 12 nitrogen and oxygen atoms in total. The molecule has 0 unspecified atom stereocenters. The molecule has 41 heavy (non-hydrogen) atoms. The van der Waals surface area contributed by atoms with Crippen molar-refractivity contribution in [2.75, 3.05) is 21.3 Å². The summed E-state index contributed by atoms with van der Waals surface area (Å²) in [6.45, 7) is 0. The highest BCUT2D eigenvalue weighted by molar-refractivity contribution is 6.31. The molecule has 0 radical (unpaired) electrons. The second kappa shape index (κ2) is 12.8. The lowest BCUT2D eigenvalue weighted by Crippen LogP contribution is -2.19. The molecule has 4 N–H and O–H groups in total. The molecule has 0 aromatic heterocycles. The number of carbonyl (C=O) groups excluding carboxylic acids is 2. The van der Waals surface area contributed by atoms with Crippen molar-refractivity contribution in [1.82, 2.24) is 0 Å². The second-order valence-electron chi connectivity index (χ2n) is 8.55. The number of anilines is 4. The van der Waals surface area contributed by atoms with E-state index < -0.39 is 21.9 Å². The fourth-order valence-corrected chi connectivity index (χ4v) is 4.03. The van der Waals surface area contributed by atoms with E-state index in [9.17, 15) is 29.8 Å². The maximum absolute atomic E-state index is 12.3. The zero-order valence-electron chi connectivity index (χ0n) is 20.9. The molecule has 208 valence electrons. The van der Waals surface area contributed by atoms with Crippen LogP contribution in [-0.4, -0.2) is 21.9 Å². The lowest BCUT2D eigenvalue weighted by atomic mass is 10.0. The quantitative estimate of drug-likeness (QED) is 0.120. The SMILES string of the molecule is O=C(Nc1ccc(Cl)cc1)Nc1ccc(Cc2ccc(NC(=O)Nc3ccc(Cl)cc3)cc2[N+](=O)[O-])c([N+](=O)[O-])c1. The van der Waals surface area contributed by atoms with Crippen LogP contribution in [0, 0.1) is 20.2 Å². The highest BCUT2D eigenvalue weighted by Gasteiger charge is 2.21. The molecule has 0 aliphatic carbocycles. The lowest BCUT2D eigenvalue weighted by molar-refractivity contribution is -0.386. The molecule has 4 amide bonds. The van der Waals surface area contributed by atoms with Crippen LogP contribution >= 0.6 is 23.2 Å². The first kappa shape index (κ1) is 28.8. The van der Waals surface area contributed by atoms with Crippen LogP contribution in [0.5, 0.6) is 0 Å². The first-order valence-electron chi connectivity index (χ1n) is 11.8. The van der Waals surface area contributed by atoms with Gasteiger partial charge in [0.2, 0.25) is 0 Å². The lowest BCUT2D eigenvalue weighted by Gasteiger charge is -2.11. The van der Waals surface area contributed by atoms with Crippen molar-refractivity contribution in [3.8, 4) is 0 Å². The van der Waals surface area contributed by atoms with E-state index in [0.717, 1.165) is 0 Å². The zero-order valence-corrected chi connectivity index (χ0v) is 22.4. The number of nitrogens with zero attached hydrogens (tertiary/aromatic N) is 2. The van der Waals surface area contributed by atoms with E-state index in [1.165, 1.54) is 36.4 Å². The molecule has 0 saturated carbocycles. The van der Waals surface area contributed by atoms with E-state index in [1.807, 2.05) is 0 Å². The van der Waals surface area contributed by atoms with Gasteiger partial charge in [-0.05, 0) is 72.8 Å². The molecule has 14 heteroatoms. The maximum Gasteiger partial charge on any atom is 0.323 e. The van der Waals surface area contributed by atoms with E-state index in [1.54, 1.807) is 48.5 Å². The Bertz CT molecular complexity index is 1510. The van der Waals surface area contributed by atoms with Crippen LogP contribution in [0.25, 0.3) is 0 Å². The van der Waals surface area contributed by atoms with Gasteiger partial charge in [0.05, 0.1) is 9.85 Å². The Morgan fingerprint density at radius 2 is 0.878 bits per heavy atom. The van der Waals surface area contributed by atoms with Gasteiger partial charge >= 0.3 is 12.1 Å². The van der Waals surface area contributed by atoms with Gasteiger partial charge in [0.1, 0.15) is 0 Å². The normalized spacial score (nSPS) is 10.4. The number of rotatable bonds is 8. The van der Waals surface area contributed by atoms with Gasteiger partial charge in [-0.3, -0.25) is 20.2 Å². The van der Waals surface area contributed by atoms with Gasteiger partial charge in [0.15, 0.2) is 0 Å². The van der Waals surface area contributed by atoms with Gasteiger partial charge in [-0.1, -0.05) is 23.2 Å². The fourth-order valence-electron chi connectivity index (χ4n) is 3.78. The molecule has 0 bridgehead atoms. The molecule has 0 heterocycles. The van der Waals surface area contributed by atoms with Crippen LogP contribution in [0.2, 0.25) is 10.0 Å². The number of hydrogen-bond donors (Lipinski definition) is 4. The second-order valence-corrected chi connectivity index (χ2v) is 9.42. The summed E-state index contributed by atoms with van der Waals surface area (Å²) < 4.78 is 0. The first-order valence-corrected chi connectivity index (χ1v) is 12.5. The maximum atomic E-state index is 12.3. The largest absolute Gasteiger partial charge is 0.323 e. The summed E-state index contributed by atoms with van der Waals surface area (Å²) in [4.78, 5) is 47.0. The number of halogens is 2. The minimum atomic E-state index is -0.638. The molecule has 4 rings (SSSR count). The van der Waals surface area contributed by atoms with E-state index >= 15 is 0 Å².